The predicted molar refractivity (Wildman–Crippen MR) is 125 cm³/mol. The topological polar surface area (TPSA) is 182 Å². The van der Waals surface area contributed by atoms with Crippen LogP contribution < -0.4 is 0 Å². The number of rotatable bonds is 9. The summed E-state index contributed by atoms with van der Waals surface area (Å²) in [5.74, 6) is -0.801. The van der Waals surface area contributed by atoms with Crippen molar-refractivity contribution in [2.24, 2.45) is 0 Å². The molecule has 0 radical (unpaired) electrons. The molecule has 0 amide bonds. The Morgan fingerprint density at radius 3 is 0.743 bits per heavy atom. The number of benzene rings is 3. The van der Waals surface area contributed by atoms with Crippen molar-refractivity contribution in [1.29, 1.82) is 0 Å². The van der Waals surface area contributed by atoms with E-state index in [1.54, 1.807) is 6.92 Å². The fourth-order valence-electron chi connectivity index (χ4n) is 4.37. The van der Waals surface area contributed by atoms with Crippen LogP contribution in [0.4, 0.5) is 0 Å². The van der Waals surface area contributed by atoms with Crippen LogP contribution in [0.3, 0.4) is 0 Å². The van der Waals surface area contributed by atoms with Crippen molar-refractivity contribution in [3.63, 3.8) is 0 Å². The number of phenols is 3. The molecule has 0 aromatic heterocycles. The number of hydrogen-bond acceptors (Lipinski definition) is 9. The van der Waals surface area contributed by atoms with Crippen molar-refractivity contribution in [1.82, 2.24) is 0 Å². The van der Waals surface area contributed by atoms with E-state index in [9.17, 15) is 46.0 Å². The summed E-state index contributed by atoms with van der Waals surface area (Å²) in [5.41, 5.74) is 1.07. The van der Waals surface area contributed by atoms with Crippen molar-refractivity contribution in [3.8, 4) is 17.2 Å². The Balaban J connectivity index is 2.49. The standard InChI is InChI=1S/C26H30O9/c1-26(20-2-14(8-27)23(33)15(3-20)9-28,21-4-16(10-29)24(34)17(5-21)11-30)22-6-18(12-31)25(35)19(7-22)13-32/h2-7,27-35H,8-13H2,1H3. The van der Waals surface area contributed by atoms with E-state index in [1.807, 2.05) is 0 Å². The van der Waals surface area contributed by atoms with Crippen LogP contribution in [0.25, 0.3) is 0 Å². The molecule has 0 saturated carbocycles. The number of aliphatic hydroxyl groups is 6. The maximum absolute atomic E-state index is 10.4. The maximum atomic E-state index is 10.4. The molecule has 0 bridgehead atoms. The number of aromatic hydroxyl groups is 3. The first-order valence-electron chi connectivity index (χ1n) is 10.9. The highest BCUT2D eigenvalue weighted by atomic mass is 16.3. The van der Waals surface area contributed by atoms with Crippen LogP contribution in [0.2, 0.25) is 0 Å². The van der Waals surface area contributed by atoms with Gasteiger partial charge in [0.2, 0.25) is 0 Å². The molecule has 0 aliphatic rings. The van der Waals surface area contributed by atoms with Gasteiger partial charge in [0.1, 0.15) is 17.2 Å². The van der Waals surface area contributed by atoms with Gasteiger partial charge < -0.3 is 46.0 Å². The highest BCUT2D eigenvalue weighted by molar-refractivity contribution is 5.59. The minimum absolute atomic E-state index is 0.143. The molecular formula is C26H30O9. The first kappa shape index (κ1) is 26.4. The van der Waals surface area contributed by atoms with Gasteiger partial charge in [-0.25, -0.2) is 0 Å². The number of hydrogen-bond donors (Lipinski definition) is 9. The van der Waals surface area contributed by atoms with Gasteiger partial charge in [0, 0.05) is 38.8 Å². The molecule has 0 heterocycles. The fraction of sp³-hybridized carbons (Fsp3) is 0.308. The monoisotopic (exact) mass is 486 g/mol. The van der Waals surface area contributed by atoms with Crippen LogP contribution in [0.5, 0.6) is 17.2 Å². The zero-order valence-electron chi connectivity index (χ0n) is 19.2. The van der Waals surface area contributed by atoms with Gasteiger partial charge in [0.05, 0.1) is 39.6 Å². The van der Waals surface area contributed by atoms with E-state index in [4.69, 9.17) is 0 Å². The van der Waals surface area contributed by atoms with Crippen molar-refractivity contribution >= 4 is 0 Å². The number of aliphatic hydroxyl groups excluding tert-OH is 6. The highest BCUT2D eigenvalue weighted by Gasteiger charge is 2.35. The quantitative estimate of drug-likeness (QED) is 0.200. The molecule has 9 N–H and O–H groups in total. The molecule has 3 aromatic carbocycles. The van der Waals surface area contributed by atoms with Gasteiger partial charge in [0.15, 0.2) is 0 Å². The van der Waals surface area contributed by atoms with Crippen molar-refractivity contribution < 1.29 is 46.0 Å². The molecule has 0 spiro atoms. The summed E-state index contributed by atoms with van der Waals surface area (Å²) in [5, 5.41) is 90.2. The van der Waals surface area contributed by atoms with Crippen LogP contribution >= 0.6 is 0 Å². The molecule has 188 valence electrons. The molecule has 9 heteroatoms. The summed E-state index contributed by atoms with van der Waals surface area (Å²) in [6.45, 7) is -1.40. The Bertz CT molecular complexity index is 995. The minimum Gasteiger partial charge on any atom is -0.507 e. The van der Waals surface area contributed by atoms with Crippen LogP contribution in [-0.4, -0.2) is 46.0 Å². The molecule has 0 unspecified atom stereocenters. The first-order chi connectivity index (χ1) is 16.7. The smallest absolute Gasteiger partial charge is 0.126 e. The Morgan fingerprint density at radius 1 is 0.429 bits per heavy atom. The van der Waals surface area contributed by atoms with Gasteiger partial charge in [-0.1, -0.05) is 0 Å². The Morgan fingerprint density at radius 2 is 0.600 bits per heavy atom. The third kappa shape index (κ3) is 4.57. The Hall–Kier alpha value is -3.18. The maximum Gasteiger partial charge on any atom is 0.126 e. The molecular weight excluding hydrogens is 456 g/mol. The molecule has 0 atom stereocenters. The largest absolute Gasteiger partial charge is 0.507 e. The SMILES string of the molecule is CC(c1cc(CO)c(O)c(CO)c1)(c1cc(CO)c(O)c(CO)c1)c1cc(CO)c(O)c(CO)c1. The highest BCUT2D eigenvalue weighted by Crippen LogP contribution is 2.45. The van der Waals surface area contributed by atoms with Gasteiger partial charge in [-0.05, 0) is 60.0 Å². The van der Waals surface area contributed by atoms with Crippen LogP contribution in [0, 0.1) is 0 Å². The lowest BCUT2D eigenvalue weighted by atomic mass is 9.69. The third-order valence-electron chi connectivity index (χ3n) is 6.56. The van der Waals surface area contributed by atoms with E-state index in [2.05, 4.69) is 0 Å². The van der Waals surface area contributed by atoms with Crippen molar-refractivity contribution in [2.75, 3.05) is 0 Å². The Labute approximate surface area is 202 Å². The zero-order chi connectivity index (χ0) is 25.9. The summed E-state index contributed by atoms with van der Waals surface area (Å²) >= 11 is 0. The van der Waals surface area contributed by atoms with Crippen LogP contribution in [-0.2, 0) is 45.1 Å². The summed E-state index contributed by atoms with van der Waals surface area (Å²) in [6, 6.07) is 9.18. The lowest BCUT2D eigenvalue weighted by molar-refractivity contribution is 0.263. The van der Waals surface area contributed by atoms with Gasteiger partial charge in [-0.2, -0.15) is 0 Å². The van der Waals surface area contributed by atoms with E-state index >= 15 is 0 Å². The van der Waals surface area contributed by atoms with E-state index in [1.165, 1.54) is 36.4 Å². The van der Waals surface area contributed by atoms with Crippen molar-refractivity contribution in [2.45, 2.75) is 52.0 Å². The van der Waals surface area contributed by atoms with E-state index in [-0.39, 0.29) is 50.6 Å². The van der Waals surface area contributed by atoms with Gasteiger partial charge in [-0.15, -0.1) is 0 Å². The molecule has 0 fully saturated rings. The van der Waals surface area contributed by atoms with Gasteiger partial charge in [0.25, 0.3) is 0 Å². The van der Waals surface area contributed by atoms with Gasteiger partial charge >= 0.3 is 0 Å². The average molecular weight is 487 g/mol. The van der Waals surface area contributed by atoms with Crippen LogP contribution in [0.15, 0.2) is 36.4 Å². The molecule has 3 rings (SSSR count). The summed E-state index contributed by atoms with van der Waals surface area (Å²) in [4.78, 5) is 0. The molecule has 35 heavy (non-hydrogen) atoms. The van der Waals surface area contributed by atoms with Gasteiger partial charge in [-0.3, -0.25) is 0 Å². The second-order valence-electron chi connectivity index (χ2n) is 8.50. The predicted octanol–water partition coefficient (Wildman–Crippen LogP) is 1.11. The van der Waals surface area contributed by atoms with E-state index in [0.717, 1.165) is 0 Å². The molecule has 3 aromatic rings. The fourth-order valence-corrected chi connectivity index (χ4v) is 4.37. The summed E-state index contributed by atoms with van der Waals surface area (Å²) in [6.07, 6.45) is 0. The molecule has 0 saturated heterocycles. The first-order valence-corrected chi connectivity index (χ1v) is 10.9. The summed E-state index contributed by atoms with van der Waals surface area (Å²) in [7, 11) is 0. The normalized spacial score (nSPS) is 11.7. The molecule has 0 aliphatic carbocycles. The summed E-state index contributed by atoms with van der Waals surface area (Å²) < 4.78 is 0. The molecule has 0 aliphatic heterocycles. The average Bonchev–Trinajstić information content (AvgIpc) is 2.88. The Kier molecular flexibility index (Phi) is 8.01. The van der Waals surface area contributed by atoms with Crippen molar-refractivity contribution in [3.05, 3.63) is 86.5 Å². The van der Waals surface area contributed by atoms with E-state index in [0.29, 0.717) is 16.7 Å². The molecule has 9 nitrogen and oxygen atoms in total. The lowest BCUT2D eigenvalue weighted by Gasteiger charge is -2.34. The second-order valence-corrected chi connectivity index (χ2v) is 8.50. The van der Waals surface area contributed by atoms with E-state index < -0.39 is 45.1 Å². The minimum atomic E-state index is -1.20. The van der Waals surface area contributed by atoms with Crippen LogP contribution in [0.1, 0.15) is 57.0 Å². The third-order valence-corrected chi connectivity index (χ3v) is 6.56. The second kappa shape index (κ2) is 10.6. The zero-order valence-corrected chi connectivity index (χ0v) is 19.2. The lowest BCUT2D eigenvalue weighted by Crippen LogP contribution is -2.27.